The fraction of sp³-hybridized carbons (Fsp3) is 0.938. The summed E-state index contributed by atoms with van der Waals surface area (Å²) in [5.74, 6) is -0.244. The van der Waals surface area contributed by atoms with E-state index in [2.05, 4.69) is 10.2 Å². The fourth-order valence-electron chi connectivity index (χ4n) is 3.82. The standard InChI is InChI=1S/C16H26Cl2N2O2/c17-16(18)10-13(16)14(21)19-12-4-8-20(9-5-12)11-15(22)6-2-1-3-7-15/h12-13,22H,1-11H2,(H,19,21). The summed E-state index contributed by atoms with van der Waals surface area (Å²) >= 11 is 11.9. The Hall–Kier alpha value is -0.0300. The third kappa shape index (κ3) is 4.08. The number of hydrogen-bond acceptors (Lipinski definition) is 3. The van der Waals surface area contributed by atoms with Crippen LogP contribution >= 0.6 is 23.2 Å². The number of hydrogen-bond donors (Lipinski definition) is 2. The Balaban J connectivity index is 1.40. The van der Waals surface area contributed by atoms with Crippen LogP contribution in [0.15, 0.2) is 0 Å². The molecule has 0 aromatic heterocycles. The van der Waals surface area contributed by atoms with E-state index in [9.17, 15) is 9.90 Å². The zero-order valence-electron chi connectivity index (χ0n) is 13.0. The molecule has 0 spiro atoms. The van der Waals surface area contributed by atoms with Crippen molar-refractivity contribution in [3.8, 4) is 0 Å². The maximum Gasteiger partial charge on any atom is 0.226 e. The molecule has 3 aliphatic rings. The second-order valence-electron chi connectivity index (χ2n) is 7.36. The predicted molar refractivity (Wildman–Crippen MR) is 88.2 cm³/mol. The van der Waals surface area contributed by atoms with Crippen LogP contribution in [0.5, 0.6) is 0 Å². The lowest BCUT2D eigenvalue weighted by Gasteiger charge is -2.40. The Morgan fingerprint density at radius 2 is 1.77 bits per heavy atom. The maximum absolute atomic E-state index is 12.0. The fourth-order valence-corrected chi connectivity index (χ4v) is 4.33. The highest BCUT2D eigenvalue weighted by molar-refractivity contribution is 6.52. The lowest BCUT2D eigenvalue weighted by molar-refractivity contribution is -0.123. The van der Waals surface area contributed by atoms with Gasteiger partial charge in [0.25, 0.3) is 0 Å². The Bertz CT molecular complexity index is 416. The number of rotatable bonds is 4. The molecule has 22 heavy (non-hydrogen) atoms. The van der Waals surface area contributed by atoms with Gasteiger partial charge in [-0.05, 0) is 32.1 Å². The number of piperidine rings is 1. The molecule has 1 unspecified atom stereocenters. The molecule has 2 saturated carbocycles. The average Bonchev–Trinajstić information content (AvgIpc) is 3.11. The number of alkyl halides is 2. The largest absolute Gasteiger partial charge is 0.389 e. The van der Waals surface area contributed by atoms with E-state index in [0.717, 1.165) is 58.2 Å². The maximum atomic E-state index is 12.0. The molecule has 1 saturated heterocycles. The minimum atomic E-state index is -0.838. The van der Waals surface area contributed by atoms with Gasteiger partial charge in [-0.25, -0.2) is 0 Å². The molecule has 126 valence electrons. The molecule has 2 aliphatic carbocycles. The number of carbonyl (C=O) groups is 1. The summed E-state index contributed by atoms with van der Waals surface area (Å²) in [7, 11) is 0. The van der Waals surface area contributed by atoms with Crippen molar-refractivity contribution in [2.24, 2.45) is 5.92 Å². The van der Waals surface area contributed by atoms with Gasteiger partial charge < -0.3 is 15.3 Å². The zero-order chi connectivity index (χ0) is 15.8. The van der Waals surface area contributed by atoms with Crippen molar-refractivity contribution >= 4 is 29.1 Å². The Morgan fingerprint density at radius 3 is 2.32 bits per heavy atom. The van der Waals surface area contributed by atoms with Gasteiger partial charge in [-0.1, -0.05) is 19.3 Å². The van der Waals surface area contributed by atoms with Crippen molar-refractivity contribution in [3.05, 3.63) is 0 Å². The van der Waals surface area contributed by atoms with Crippen molar-refractivity contribution in [1.82, 2.24) is 10.2 Å². The van der Waals surface area contributed by atoms with Crippen LogP contribution in [-0.2, 0) is 4.79 Å². The lowest BCUT2D eigenvalue weighted by atomic mass is 9.84. The second-order valence-corrected chi connectivity index (χ2v) is 8.90. The monoisotopic (exact) mass is 348 g/mol. The molecule has 1 atom stereocenters. The number of β-amino-alcohol motifs (C(OH)–C–C–N with tert-alkyl or cyclic N) is 1. The highest BCUT2D eigenvalue weighted by Crippen LogP contribution is 2.53. The molecule has 3 rings (SSSR count). The molecule has 0 aromatic rings. The van der Waals surface area contributed by atoms with Crippen LogP contribution in [0.2, 0.25) is 0 Å². The summed E-state index contributed by atoms with van der Waals surface area (Å²) in [6.45, 7) is 2.65. The van der Waals surface area contributed by atoms with Gasteiger partial charge in [-0.15, -0.1) is 23.2 Å². The minimum absolute atomic E-state index is 0.00522. The van der Waals surface area contributed by atoms with Gasteiger partial charge in [0.05, 0.1) is 11.5 Å². The second kappa shape index (κ2) is 6.46. The van der Waals surface area contributed by atoms with Gasteiger partial charge in [0.1, 0.15) is 4.33 Å². The number of nitrogens with zero attached hydrogens (tertiary/aromatic N) is 1. The molecule has 0 radical (unpaired) electrons. The Kier molecular flexibility index (Phi) is 4.94. The normalized spacial score (nSPS) is 31.7. The third-order valence-corrected chi connectivity index (χ3v) is 6.21. The average molecular weight is 349 g/mol. The number of likely N-dealkylation sites (tertiary alicyclic amines) is 1. The SMILES string of the molecule is O=C(NC1CCN(CC2(O)CCCCC2)CC1)C1CC1(Cl)Cl. The molecule has 2 N–H and O–H groups in total. The van der Waals surface area contributed by atoms with Crippen molar-refractivity contribution in [1.29, 1.82) is 0 Å². The predicted octanol–water partition coefficient (Wildman–Crippen LogP) is 2.46. The van der Waals surface area contributed by atoms with Crippen molar-refractivity contribution in [2.45, 2.75) is 67.3 Å². The molecule has 0 bridgehead atoms. The Morgan fingerprint density at radius 1 is 1.18 bits per heavy atom. The summed E-state index contributed by atoms with van der Waals surface area (Å²) < 4.78 is -0.838. The van der Waals surface area contributed by atoms with Gasteiger partial charge in [-0.2, -0.15) is 0 Å². The third-order valence-electron chi connectivity index (χ3n) is 5.38. The van der Waals surface area contributed by atoms with Gasteiger partial charge in [0, 0.05) is 25.7 Å². The number of carbonyl (C=O) groups excluding carboxylic acids is 1. The van der Waals surface area contributed by atoms with Crippen LogP contribution in [0, 0.1) is 5.92 Å². The molecular formula is C16H26Cl2N2O2. The molecule has 6 heteroatoms. The zero-order valence-corrected chi connectivity index (χ0v) is 14.5. The molecule has 1 aliphatic heterocycles. The minimum Gasteiger partial charge on any atom is -0.389 e. The van der Waals surface area contributed by atoms with Crippen LogP contribution < -0.4 is 5.32 Å². The molecule has 4 nitrogen and oxygen atoms in total. The first-order chi connectivity index (χ1) is 10.4. The first-order valence-corrected chi connectivity index (χ1v) is 9.27. The van der Waals surface area contributed by atoms with Gasteiger partial charge in [-0.3, -0.25) is 4.79 Å². The van der Waals surface area contributed by atoms with Crippen LogP contribution in [0.25, 0.3) is 0 Å². The smallest absolute Gasteiger partial charge is 0.226 e. The van der Waals surface area contributed by atoms with Crippen LogP contribution in [-0.4, -0.2) is 51.5 Å². The van der Waals surface area contributed by atoms with E-state index in [1.54, 1.807) is 0 Å². The first kappa shape index (κ1) is 16.8. The van der Waals surface area contributed by atoms with E-state index in [1.807, 2.05) is 0 Å². The quantitative estimate of drug-likeness (QED) is 0.767. The summed E-state index contributed by atoms with van der Waals surface area (Å²) in [5, 5.41) is 13.7. The molecule has 3 fully saturated rings. The molecule has 1 heterocycles. The summed E-state index contributed by atoms with van der Waals surface area (Å²) in [6, 6.07) is 0.217. The van der Waals surface area contributed by atoms with Crippen LogP contribution in [0.3, 0.4) is 0 Å². The van der Waals surface area contributed by atoms with Crippen LogP contribution in [0.1, 0.15) is 51.4 Å². The lowest BCUT2D eigenvalue weighted by Crippen LogP contribution is -2.50. The van der Waals surface area contributed by atoms with Crippen molar-refractivity contribution in [2.75, 3.05) is 19.6 Å². The van der Waals surface area contributed by atoms with Crippen LogP contribution in [0.4, 0.5) is 0 Å². The highest BCUT2D eigenvalue weighted by atomic mass is 35.5. The van der Waals surface area contributed by atoms with Crippen molar-refractivity contribution in [3.63, 3.8) is 0 Å². The topological polar surface area (TPSA) is 52.6 Å². The van der Waals surface area contributed by atoms with E-state index in [-0.39, 0.29) is 17.9 Å². The van der Waals surface area contributed by atoms with E-state index in [0.29, 0.717) is 6.42 Å². The number of amides is 1. The number of nitrogens with one attached hydrogen (secondary N) is 1. The van der Waals surface area contributed by atoms with Crippen molar-refractivity contribution < 1.29 is 9.90 Å². The summed E-state index contributed by atoms with van der Waals surface area (Å²) in [5.41, 5.74) is -0.487. The van der Waals surface area contributed by atoms with E-state index in [4.69, 9.17) is 23.2 Å². The highest BCUT2D eigenvalue weighted by Gasteiger charge is 2.56. The van der Waals surface area contributed by atoms with E-state index in [1.165, 1.54) is 6.42 Å². The summed E-state index contributed by atoms with van der Waals surface area (Å²) in [4.78, 5) is 14.4. The van der Waals surface area contributed by atoms with Gasteiger partial charge in [0.15, 0.2) is 0 Å². The van der Waals surface area contributed by atoms with E-state index >= 15 is 0 Å². The van der Waals surface area contributed by atoms with Gasteiger partial charge >= 0.3 is 0 Å². The van der Waals surface area contributed by atoms with Gasteiger partial charge in [0.2, 0.25) is 5.91 Å². The molecule has 0 aromatic carbocycles. The number of halogens is 2. The molecular weight excluding hydrogens is 323 g/mol. The Labute approximate surface area is 142 Å². The molecule has 1 amide bonds. The first-order valence-electron chi connectivity index (χ1n) is 8.51. The summed E-state index contributed by atoms with van der Waals surface area (Å²) in [6.07, 6.45) is 7.83. The number of aliphatic hydroxyl groups is 1. The van der Waals surface area contributed by atoms with E-state index < -0.39 is 9.93 Å².